The third-order valence-electron chi connectivity index (χ3n) is 6.55. The average molecular weight is 456 g/mol. The van der Waals surface area contributed by atoms with Gasteiger partial charge in [0, 0.05) is 13.0 Å². The number of unbranched alkanes of at least 4 members (excludes halogenated alkanes) is 16. The monoisotopic (exact) mass is 455 g/mol. The van der Waals surface area contributed by atoms with Crippen LogP contribution in [0.25, 0.3) is 0 Å². The predicted octanol–water partition coefficient (Wildman–Crippen LogP) is 7.45. The SMILES string of the molecule is CCCCCCCCC(O)C(O)CCCCCCCCCCCC(=O)NCCCCCC. The standard InChI is InChI=1S/C28H57NO3/c1-3-5-7-9-15-18-22-26(30)27(31)23-19-16-13-11-10-12-14-17-20-24-28(32)29-25-21-8-6-4-2/h26-27,30-31H,3-25H2,1-2H3,(H,29,32). The van der Waals surface area contributed by atoms with Gasteiger partial charge in [-0.15, -0.1) is 0 Å². The van der Waals surface area contributed by atoms with E-state index in [1.54, 1.807) is 0 Å². The molecule has 0 aliphatic heterocycles. The summed E-state index contributed by atoms with van der Waals surface area (Å²) in [7, 11) is 0. The molecule has 0 aromatic rings. The molecule has 0 aromatic heterocycles. The normalized spacial score (nSPS) is 13.2. The first-order valence-electron chi connectivity index (χ1n) is 14.2. The van der Waals surface area contributed by atoms with E-state index >= 15 is 0 Å². The fourth-order valence-electron chi connectivity index (χ4n) is 4.26. The van der Waals surface area contributed by atoms with Crippen molar-refractivity contribution in [2.75, 3.05) is 6.54 Å². The van der Waals surface area contributed by atoms with E-state index in [0.29, 0.717) is 6.42 Å². The Morgan fingerprint density at radius 1 is 0.562 bits per heavy atom. The summed E-state index contributed by atoms with van der Waals surface area (Å²) in [6.07, 6.45) is 23.8. The molecule has 2 atom stereocenters. The fraction of sp³-hybridized carbons (Fsp3) is 0.964. The Kier molecular flexibility index (Phi) is 24.5. The molecule has 0 aliphatic rings. The van der Waals surface area contributed by atoms with Gasteiger partial charge in [0.15, 0.2) is 0 Å². The summed E-state index contributed by atoms with van der Waals surface area (Å²) in [5, 5.41) is 23.3. The second kappa shape index (κ2) is 25.0. The molecule has 0 saturated carbocycles. The van der Waals surface area contributed by atoms with Crippen LogP contribution in [-0.2, 0) is 4.79 Å². The number of aliphatic hydroxyl groups is 2. The molecule has 32 heavy (non-hydrogen) atoms. The zero-order valence-electron chi connectivity index (χ0n) is 21.7. The van der Waals surface area contributed by atoms with Crippen LogP contribution in [0.4, 0.5) is 0 Å². The van der Waals surface area contributed by atoms with Gasteiger partial charge >= 0.3 is 0 Å². The molecule has 0 saturated heterocycles. The molecular weight excluding hydrogens is 398 g/mol. The molecule has 4 heteroatoms. The summed E-state index contributed by atoms with van der Waals surface area (Å²) >= 11 is 0. The predicted molar refractivity (Wildman–Crippen MR) is 138 cm³/mol. The molecule has 1 amide bonds. The van der Waals surface area contributed by atoms with Crippen LogP contribution in [0, 0.1) is 0 Å². The van der Waals surface area contributed by atoms with Crippen LogP contribution in [-0.4, -0.2) is 34.9 Å². The van der Waals surface area contributed by atoms with Crippen molar-refractivity contribution in [3.05, 3.63) is 0 Å². The first kappa shape index (κ1) is 31.4. The molecule has 0 spiro atoms. The lowest BCUT2D eigenvalue weighted by atomic mass is 9.99. The number of nitrogens with one attached hydrogen (secondary N) is 1. The zero-order valence-corrected chi connectivity index (χ0v) is 21.7. The summed E-state index contributed by atoms with van der Waals surface area (Å²) in [4.78, 5) is 11.8. The zero-order chi connectivity index (χ0) is 23.7. The molecule has 192 valence electrons. The number of hydrogen-bond acceptors (Lipinski definition) is 3. The second-order valence-electron chi connectivity index (χ2n) is 9.82. The molecular formula is C28H57NO3. The molecule has 0 aliphatic carbocycles. The molecule has 0 bridgehead atoms. The molecule has 0 fully saturated rings. The third-order valence-corrected chi connectivity index (χ3v) is 6.55. The van der Waals surface area contributed by atoms with Gasteiger partial charge in [0.2, 0.25) is 5.91 Å². The van der Waals surface area contributed by atoms with Crippen molar-refractivity contribution < 1.29 is 15.0 Å². The summed E-state index contributed by atoms with van der Waals surface area (Å²) in [5.41, 5.74) is 0. The van der Waals surface area contributed by atoms with Crippen molar-refractivity contribution in [2.45, 2.75) is 167 Å². The van der Waals surface area contributed by atoms with Gasteiger partial charge in [0.25, 0.3) is 0 Å². The highest BCUT2D eigenvalue weighted by molar-refractivity contribution is 5.75. The highest BCUT2D eigenvalue weighted by Crippen LogP contribution is 2.16. The first-order valence-corrected chi connectivity index (χ1v) is 14.2. The van der Waals surface area contributed by atoms with Gasteiger partial charge in [0.1, 0.15) is 0 Å². The topological polar surface area (TPSA) is 69.6 Å². The van der Waals surface area contributed by atoms with Crippen LogP contribution in [0.1, 0.15) is 155 Å². The van der Waals surface area contributed by atoms with Crippen LogP contribution in [0.5, 0.6) is 0 Å². The summed E-state index contributed by atoms with van der Waals surface area (Å²) in [6.45, 7) is 5.27. The fourth-order valence-corrected chi connectivity index (χ4v) is 4.26. The minimum atomic E-state index is -0.542. The van der Waals surface area contributed by atoms with Gasteiger partial charge in [-0.2, -0.15) is 0 Å². The lowest BCUT2D eigenvalue weighted by Crippen LogP contribution is -2.25. The van der Waals surface area contributed by atoms with E-state index in [2.05, 4.69) is 19.2 Å². The first-order chi connectivity index (χ1) is 15.6. The summed E-state index contributed by atoms with van der Waals surface area (Å²) in [6, 6.07) is 0. The van der Waals surface area contributed by atoms with E-state index in [-0.39, 0.29) is 5.91 Å². The summed E-state index contributed by atoms with van der Waals surface area (Å²) < 4.78 is 0. The number of rotatable bonds is 25. The number of carbonyl (C=O) groups is 1. The van der Waals surface area contributed by atoms with Crippen LogP contribution in [0.2, 0.25) is 0 Å². The maximum Gasteiger partial charge on any atom is 0.219 e. The molecule has 4 nitrogen and oxygen atoms in total. The van der Waals surface area contributed by atoms with Gasteiger partial charge < -0.3 is 15.5 Å². The van der Waals surface area contributed by atoms with E-state index in [1.165, 1.54) is 83.5 Å². The minimum Gasteiger partial charge on any atom is -0.390 e. The van der Waals surface area contributed by atoms with E-state index in [9.17, 15) is 15.0 Å². The van der Waals surface area contributed by atoms with E-state index in [4.69, 9.17) is 0 Å². The van der Waals surface area contributed by atoms with Crippen LogP contribution in [0.15, 0.2) is 0 Å². The smallest absolute Gasteiger partial charge is 0.219 e. The van der Waals surface area contributed by atoms with Crippen molar-refractivity contribution in [3.63, 3.8) is 0 Å². The number of aliphatic hydroxyl groups excluding tert-OH is 2. The van der Waals surface area contributed by atoms with E-state index in [1.807, 2.05) is 0 Å². The molecule has 0 heterocycles. The molecule has 0 aromatic carbocycles. The minimum absolute atomic E-state index is 0.223. The van der Waals surface area contributed by atoms with E-state index < -0.39 is 12.2 Å². The van der Waals surface area contributed by atoms with E-state index in [0.717, 1.165) is 57.9 Å². The highest BCUT2D eigenvalue weighted by atomic mass is 16.3. The molecule has 3 N–H and O–H groups in total. The van der Waals surface area contributed by atoms with Crippen molar-refractivity contribution in [3.8, 4) is 0 Å². The molecule has 2 unspecified atom stereocenters. The Balaban J connectivity index is 3.33. The van der Waals surface area contributed by atoms with Gasteiger partial charge in [-0.3, -0.25) is 4.79 Å². The van der Waals surface area contributed by atoms with Crippen molar-refractivity contribution in [1.82, 2.24) is 5.32 Å². The number of hydrogen-bond donors (Lipinski definition) is 3. The van der Waals surface area contributed by atoms with Crippen LogP contribution in [0.3, 0.4) is 0 Å². The summed E-state index contributed by atoms with van der Waals surface area (Å²) in [5.74, 6) is 0.223. The second-order valence-corrected chi connectivity index (χ2v) is 9.82. The lowest BCUT2D eigenvalue weighted by Gasteiger charge is -2.17. The highest BCUT2D eigenvalue weighted by Gasteiger charge is 2.15. The maximum absolute atomic E-state index is 11.8. The van der Waals surface area contributed by atoms with Crippen LogP contribution < -0.4 is 5.32 Å². The molecule has 0 radical (unpaired) electrons. The van der Waals surface area contributed by atoms with Crippen molar-refractivity contribution >= 4 is 5.91 Å². The Morgan fingerprint density at radius 2 is 0.938 bits per heavy atom. The quantitative estimate of drug-likeness (QED) is 0.125. The Morgan fingerprint density at radius 3 is 1.41 bits per heavy atom. The Hall–Kier alpha value is -0.610. The van der Waals surface area contributed by atoms with Gasteiger partial charge in [-0.25, -0.2) is 0 Å². The number of amides is 1. The van der Waals surface area contributed by atoms with Crippen molar-refractivity contribution in [1.29, 1.82) is 0 Å². The molecule has 0 rings (SSSR count). The third kappa shape index (κ3) is 22.6. The maximum atomic E-state index is 11.8. The Bertz CT molecular complexity index is 389. The van der Waals surface area contributed by atoms with Crippen LogP contribution >= 0.6 is 0 Å². The van der Waals surface area contributed by atoms with Gasteiger partial charge in [-0.05, 0) is 25.7 Å². The average Bonchev–Trinajstić information content (AvgIpc) is 2.79. The van der Waals surface area contributed by atoms with Gasteiger partial charge in [0.05, 0.1) is 12.2 Å². The van der Waals surface area contributed by atoms with Crippen molar-refractivity contribution in [2.24, 2.45) is 0 Å². The van der Waals surface area contributed by atoms with Gasteiger partial charge in [-0.1, -0.05) is 123 Å². The largest absolute Gasteiger partial charge is 0.390 e. The Labute approximate surface area is 200 Å². The number of carbonyl (C=O) groups excluding carboxylic acids is 1. The lowest BCUT2D eigenvalue weighted by molar-refractivity contribution is -0.121.